The summed E-state index contributed by atoms with van der Waals surface area (Å²) >= 11 is 0. The second-order valence-electron chi connectivity index (χ2n) is 7.48. The highest BCUT2D eigenvalue weighted by Crippen LogP contribution is 2.29. The molecule has 2 aliphatic carbocycles. The lowest BCUT2D eigenvalue weighted by Crippen LogP contribution is -2.39. The van der Waals surface area contributed by atoms with E-state index in [0.29, 0.717) is 38.0 Å². The van der Waals surface area contributed by atoms with E-state index in [0.717, 1.165) is 25.7 Å². The van der Waals surface area contributed by atoms with Crippen LogP contribution in [-0.2, 0) is 14.4 Å². The van der Waals surface area contributed by atoms with E-state index in [1.165, 1.54) is 25.7 Å². The van der Waals surface area contributed by atoms with Crippen LogP contribution in [0, 0.1) is 5.92 Å². The molecule has 2 saturated carbocycles. The topological polar surface area (TPSA) is 78.5 Å². The van der Waals surface area contributed by atoms with Crippen molar-refractivity contribution in [3.63, 3.8) is 0 Å². The molecular weight excluding hydrogens is 306 g/mol. The molecular formula is C18H29N3O3. The lowest BCUT2D eigenvalue weighted by molar-refractivity contribution is -0.130. The average molecular weight is 335 g/mol. The molecule has 3 amide bonds. The van der Waals surface area contributed by atoms with Gasteiger partial charge in [0.05, 0.1) is 5.92 Å². The fourth-order valence-electron chi connectivity index (χ4n) is 4.29. The molecule has 1 atom stereocenters. The molecule has 134 valence electrons. The van der Waals surface area contributed by atoms with Gasteiger partial charge in [0, 0.05) is 38.0 Å². The van der Waals surface area contributed by atoms with Gasteiger partial charge in [-0.05, 0) is 25.7 Å². The third-order valence-corrected chi connectivity index (χ3v) is 5.67. The summed E-state index contributed by atoms with van der Waals surface area (Å²) < 4.78 is 0. The van der Waals surface area contributed by atoms with Crippen LogP contribution in [0.25, 0.3) is 0 Å². The number of amides is 3. The van der Waals surface area contributed by atoms with E-state index in [4.69, 9.17) is 0 Å². The van der Waals surface area contributed by atoms with Crippen LogP contribution in [0.4, 0.5) is 0 Å². The average Bonchev–Trinajstić information content (AvgIpc) is 3.27. The first-order chi connectivity index (χ1) is 11.6. The monoisotopic (exact) mass is 335 g/mol. The van der Waals surface area contributed by atoms with Crippen LogP contribution >= 0.6 is 0 Å². The molecule has 0 aromatic carbocycles. The molecule has 0 unspecified atom stereocenters. The maximum atomic E-state index is 12.3. The molecule has 0 bridgehead atoms. The number of likely N-dealkylation sites (tertiary alicyclic amines) is 1. The van der Waals surface area contributed by atoms with Crippen molar-refractivity contribution < 1.29 is 14.4 Å². The lowest BCUT2D eigenvalue weighted by Gasteiger charge is -2.23. The highest BCUT2D eigenvalue weighted by atomic mass is 16.2. The third kappa shape index (κ3) is 4.28. The van der Waals surface area contributed by atoms with Gasteiger partial charge in [0.1, 0.15) is 0 Å². The van der Waals surface area contributed by atoms with Gasteiger partial charge in [-0.3, -0.25) is 14.4 Å². The van der Waals surface area contributed by atoms with Gasteiger partial charge < -0.3 is 15.5 Å². The van der Waals surface area contributed by atoms with Crippen molar-refractivity contribution in [3.8, 4) is 0 Å². The number of nitrogens with zero attached hydrogens (tertiary/aromatic N) is 1. The van der Waals surface area contributed by atoms with Crippen LogP contribution in [0.15, 0.2) is 0 Å². The van der Waals surface area contributed by atoms with E-state index in [1.807, 2.05) is 4.90 Å². The van der Waals surface area contributed by atoms with Crippen molar-refractivity contribution in [1.82, 2.24) is 15.5 Å². The summed E-state index contributed by atoms with van der Waals surface area (Å²) in [7, 11) is 0. The summed E-state index contributed by atoms with van der Waals surface area (Å²) in [5, 5.41) is 5.85. The Balaban J connectivity index is 1.36. The van der Waals surface area contributed by atoms with E-state index in [1.54, 1.807) is 0 Å². The predicted octanol–water partition coefficient (Wildman–Crippen LogP) is 1.34. The van der Waals surface area contributed by atoms with Crippen LogP contribution < -0.4 is 10.6 Å². The zero-order valence-corrected chi connectivity index (χ0v) is 14.4. The normalized spacial score (nSPS) is 25.4. The highest BCUT2D eigenvalue weighted by Gasteiger charge is 2.38. The number of carbonyl (C=O) groups excluding carboxylic acids is 3. The molecule has 6 heteroatoms. The van der Waals surface area contributed by atoms with Gasteiger partial charge in [-0.15, -0.1) is 0 Å². The smallest absolute Gasteiger partial charge is 0.225 e. The third-order valence-electron chi connectivity index (χ3n) is 5.67. The molecule has 0 spiro atoms. The molecule has 0 aromatic heterocycles. The summed E-state index contributed by atoms with van der Waals surface area (Å²) in [6, 6.07) is 0.660. The van der Waals surface area contributed by atoms with Gasteiger partial charge in [-0.1, -0.05) is 25.7 Å². The van der Waals surface area contributed by atoms with Crippen molar-refractivity contribution in [2.45, 2.75) is 76.3 Å². The quantitative estimate of drug-likeness (QED) is 0.769. The van der Waals surface area contributed by atoms with E-state index in [-0.39, 0.29) is 23.6 Å². The zero-order valence-electron chi connectivity index (χ0n) is 14.4. The van der Waals surface area contributed by atoms with Crippen LogP contribution in [-0.4, -0.2) is 47.8 Å². The molecule has 3 fully saturated rings. The van der Waals surface area contributed by atoms with E-state index < -0.39 is 0 Å². The van der Waals surface area contributed by atoms with E-state index >= 15 is 0 Å². The molecule has 3 aliphatic rings. The first kappa shape index (κ1) is 17.2. The summed E-state index contributed by atoms with van der Waals surface area (Å²) in [6.07, 6.45) is 9.65. The maximum absolute atomic E-state index is 12.3. The van der Waals surface area contributed by atoms with Crippen molar-refractivity contribution in [1.29, 1.82) is 0 Å². The Morgan fingerprint density at radius 2 is 1.71 bits per heavy atom. The van der Waals surface area contributed by atoms with Gasteiger partial charge in [-0.2, -0.15) is 0 Å². The minimum atomic E-state index is -0.254. The van der Waals surface area contributed by atoms with E-state index in [2.05, 4.69) is 10.6 Å². The Morgan fingerprint density at radius 1 is 1.04 bits per heavy atom. The first-order valence-corrected chi connectivity index (χ1v) is 9.50. The second kappa shape index (κ2) is 7.99. The van der Waals surface area contributed by atoms with Gasteiger partial charge in [0.25, 0.3) is 0 Å². The summed E-state index contributed by atoms with van der Waals surface area (Å²) in [4.78, 5) is 38.2. The number of carbonyl (C=O) groups is 3. The van der Waals surface area contributed by atoms with Gasteiger partial charge in [-0.25, -0.2) is 0 Å². The Kier molecular flexibility index (Phi) is 5.74. The standard InChI is InChI=1S/C18H29N3O3/c22-16(20-14-5-1-2-6-14)9-10-19-18(24)13-11-17(23)21(12-13)15-7-3-4-8-15/h13-15H,1-12H2,(H,19,24)(H,20,22)/t13-/m1/s1. The predicted molar refractivity (Wildman–Crippen MR) is 90.1 cm³/mol. The SMILES string of the molecule is O=C(CCNC(=O)[C@@H]1CC(=O)N(C2CCCC2)C1)NC1CCCC1. The van der Waals surface area contributed by atoms with Crippen LogP contribution in [0.1, 0.15) is 64.2 Å². The fourth-order valence-corrected chi connectivity index (χ4v) is 4.29. The fraction of sp³-hybridized carbons (Fsp3) is 0.833. The number of nitrogens with one attached hydrogen (secondary N) is 2. The first-order valence-electron chi connectivity index (χ1n) is 9.50. The van der Waals surface area contributed by atoms with Crippen LogP contribution in [0.2, 0.25) is 0 Å². The molecule has 3 rings (SSSR count). The van der Waals surface area contributed by atoms with Crippen molar-refractivity contribution >= 4 is 17.7 Å². The van der Waals surface area contributed by atoms with Crippen LogP contribution in [0.3, 0.4) is 0 Å². The molecule has 1 heterocycles. The second-order valence-corrected chi connectivity index (χ2v) is 7.48. The zero-order chi connectivity index (χ0) is 16.9. The minimum Gasteiger partial charge on any atom is -0.355 e. The Morgan fingerprint density at radius 3 is 2.42 bits per heavy atom. The molecule has 2 N–H and O–H groups in total. The van der Waals surface area contributed by atoms with E-state index in [9.17, 15) is 14.4 Å². The van der Waals surface area contributed by atoms with Crippen molar-refractivity contribution in [3.05, 3.63) is 0 Å². The minimum absolute atomic E-state index is 0.0114. The van der Waals surface area contributed by atoms with Gasteiger partial charge >= 0.3 is 0 Å². The van der Waals surface area contributed by atoms with Crippen molar-refractivity contribution in [2.24, 2.45) is 5.92 Å². The maximum Gasteiger partial charge on any atom is 0.225 e. The van der Waals surface area contributed by atoms with Crippen LogP contribution in [0.5, 0.6) is 0 Å². The number of hydrogen-bond acceptors (Lipinski definition) is 3. The largest absolute Gasteiger partial charge is 0.355 e. The lowest BCUT2D eigenvalue weighted by atomic mass is 10.1. The molecule has 1 aliphatic heterocycles. The Hall–Kier alpha value is -1.59. The number of hydrogen-bond donors (Lipinski definition) is 2. The summed E-state index contributed by atoms with van der Waals surface area (Å²) in [5.74, 6) is -0.216. The van der Waals surface area contributed by atoms with Gasteiger partial charge in [0.15, 0.2) is 0 Å². The molecule has 1 saturated heterocycles. The Bertz CT molecular complexity index is 482. The van der Waals surface area contributed by atoms with Crippen molar-refractivity contribution in [2.75, 3.05) is 13.1 Å². The van der Waals surface area contributed by atoms with Gasteiger partial charge in [0.2, 0.25) is 17.7 Å². The number of rotatable bonds is 6. The molecule has 6 nitrogen and oxygen atoms in total. The summed E-state index contributed by atoms with van der Waals surface area (Å²) in [5.41, 5.74) is 0. The molecule has 0 aromatic rings. The molecule has 0 radical (unpaired) electrons. The molecule has 24 heavy (non-hydrogen) atoms. The Labute approximate surface area is 143 Å². The highest BCUT2D eigenvalue weighted by molar-refractivity contribution is 5.89. The summed E-state index contributed by atoms with van der Waals surface area (Å²) in [6.45, 7) is 0.898.